The number of aryl methyl sites for hydroxylation is 2. The summed E-state index contributed by atoms with van der Waals surface area (Å²) in [6.07, 6.45) is 2.25. The van der Waals surface area contributed by atoms with E-state index in [0.29, 0.717) is 12.6 Å². The summed E-state index contributed by atoms with van der Waals surface area (Å²) in [5.74, 6) is 2.40. The monoisotopic (exact) mass is 360 g/mol. The van der Waals surface area contributed by atoms with Gasteiger partial charge in [0.2, 0.25) is 5.95 Å². The topological polar surface area (TPSA) is 50.3 Å². The van der Waals surface area contributed by atoms with Crippen LogP contribution in [0.25, 0.3) is 0 Å². The molecule has 2 aromatic carbocycles. The Hall–Kier alpha value is -3.08. The highest BCUT2D eigenvalue weighted by molar-refractivity contribution is 5.67. The van der Waals surface area contributed by atoms with E-state index in [-0.39, 0.29) is 0 Å². The molecule has 0 amide bonds. The molecule has 0 atom stereocenters. The third-order valence-corrected chi connectivity index (χ3v) is 4.65. The molecule has 1 aliphatic rings. The second kappa shape index (κ2) is 7.66. The summed E-state index contributed by atoms with van der Waals surface area (Å²) in [6, 6.07) is 18.5. The number of rotatable bonds is 5. The van der Waals surface area contributed by atoms with Crippen LogP contribution in [-0.4, -0.2) is 23.1 Å². The summed E-state index contributed by atoms with van der Waals surface area (Å²) in [4.78, 5) is 11.6. The first-order chi connectivity index (χ1) is 13.2. The maximum Gasteiger partial charge on any atom is 0.229 e. The Morgan fingerprint density at radius 3 is 2.70 bits per heavy atom. The van der Waals surface area contributed by atoms with E-state index < -0.39 is 0 Å². The van der Waals surface area contributed by atoms with Crippen LogP contribution in [0.4, 0.5) is 23.1 Å². The molecule has 1 aliphatic heterocycles. The molecule has 27 heavy (non-hydrogen) atoms. The number of benzene rings is 2. The van der Waals surface area contributed by atoms with E-state index in [1.165, 1.54) is 11.3 Å². The normalized spacial score (nSPS) is 13.2. The number of anilines is 4. The maximum absolute atomic E-state index is 5.50. The highest BCUT2D eigenvalue weighted by Gasteiger charge is 2.19. The fourth-order valence-electron chi connectivity index (χ4n) is 3.45. The molecule has 0 unspecified atom stereocenters. The number of para-hydroxylation sites is 1. The standard InChI is InChI=1S/C22H24N4O/c1-3-27-19-12-10-18(11-13-19)24-22-23-16(2)15-21(25-22)26-14-6-8-17-7-4-5-9-20(17)26/h4-5,7,9-13,15H,3,6,8,14H2,1-2H3,(H,23,24,25). The smallest absolute Gasteiger partial charge is 0.229 e. The molecule has 0 bridgehead atoms. The lowest BCUT2D eigenvalue weighted by Crippen LogP contribution is -2.25. The molecule has 0 aliphatic carbocycles. The summed E-state index contributed by atoms with van der Waals surface area (Å²) in [5, 5.41) is 3.31. The van der Waals surface area contributed by atoms with Crippen molar-refractivity contribution >= 4 is 23.1 Å². The van der Waals surface area contributed by atoms with Crippen LogP contribution in [0.2, 0.25) is 0 Å². The minimum absolute atomic E-state index is 0.609. The predicted octanol–water partition coefficient (Wildman–Crippen LogP) is 5.01. The van der Waals surface area contributed by atoms with Crippen LogP contribution in [0.3, 0.4) is 0 Å². The van der Waals surface area contributed by atoms with Crippen molar-refractivity contribution in [1.82, 2.24) is 9.97 Å². The average molecular weight is 360 g/mol. The van der Waals surface area contributed by atoms with Gasteiger partial charge in [-0.3, -0.25) is 0 Å². The van der Waals surface area contributed by atoms with Gasteiger partial charge in [0.1, 0.15) is 11.6 Å². The van der Waals surface area contributed by atoms with E-state index in [4.69, 9.17) is 9.72 Å². The molecule has 0 saturated heterocycles. The lowest BCUT2D eigenvalue weighted by Gasteiger charge is -2.30. The molecule has 0 saturated carbocycles. The number of hydrogen-bond acceptors (Lipinski definition) is 5. The number of fused-ring (bicyclic) bond motifs is 1. The van der Waals surface area contributed by atoms with Gasteiger partial charge in [-0.1, -0.05) is 18.2 Å². The molecule has 5 nitrogen and oxygen atoms in total. The molecule has 5 heteroatoms. The summed E-state index contributed by atoms with van der Waals surface area (Å²) in [6.45, 7) is 5.61. The first kappa shape index (κ1) is 17.3. The zero-order chi connectivity index (χ0) is 18.6. The van der Waals surface area contributed by atoms with Gasteiger partial charge in [-0.05, 0) is 62.6 Å². The number of ether oxygens (including phenoxy) is 1. The molecule has 0 radical (unpaired) electrons. The molecule has 4 rings (SSSR count). The van der Waals surface area contributed by atoms with Gasteiger partial charge in [-0.2, -0.15) is 4.98 Å². The molecule has 138 valence electrons. The molecule has 2 heterocycles. The van der Waals surface area contributed by atoms with Crippen LogP contribution in [0, 0.1) is 6.92 Å². The molecule has 1 N–H and O–H groups in total. The summed E-state index contributed by atoms with van der Waals surface area (Å²) >= 11 is 0. The second-order valence-corrected chi connectivity index (χ2v) is 6.66. The van der Waals surface area contributed by atoms with Crippen molar-refractivity contribution in [2.45, 2.75) is 26.7 Å². The van der Waals surface area contributed by atoms with Gasteiger partial charge in [-0.15, -0.1) is 0 Å². The summed E-state index contributed by atoms with van der Waals surface area (Å²) < 4.78 is 5.50. The maximum atomic E-state index is 5.50. The van der Waals surface area contributed by atoms with Crippen molar-refractivity contribution < 1.29 is 4.74 Å². The molecule has 0 fully saturated rings. The lowest BCUT2D eigenvalue weighted by atomic mass is 10.0. The lowest BCUT2D eigenvalue weighted by molar-refractivity contribution is 0.340. The fourth-order valence-corrected chi connectivity index (χ4v) is 3.45. The average Bonchev–Trinajstić information content (AvgIpc) is 2.69. The summed E-state index contributed by atoms with van der Waals surface area (Å²) in [5.41, 5.74) is 4.50. The Morgan fingerprint density at radius 1 is 1.07 bits per heavy atom. The first-order valence-electron chi connectivity index (χ1n) is 9.44. The van der Waals surface area contributed by atoms with E-state index in [9.17, 15) is 0 Å². The summed E-state index contributed by atoms with van der Waals surface area (Å²) in [7, 11) is 0. The van der Waals surface area contributed by atoms with Crippen molar-refractivity contribution in [3.05, 3.63) is 65.9 Å². The van der Waals surface area contributed by atoms with Crippen molar-refractivity contribution in [3.63, 3.8) is 0 Å². The van der Waals surface area contributed by atoms with Crippen molar-refractivity contribution in [3.8, 4) is 5.75 Å². The van der Waals surface area contributed by atoms with E-state index in [1.54, 1.807) is 0 Å². The van der Waals surface area contributed by atoms with E-state index in [1.807, 2.05) is 44.2 Å². The van der Waals surface area contributed by atoms with Gasteiger partial charge >= 0.3 is 0 Å². The second-order valence-electron chi connectivity index (χ2n) is 6.66. The Morgan fingerprint density at radius 2 is 1.89 bits per heavy atom. The van der Waals surface area contributed by atoms with Crippen LogP contribution in [-0.2, 0) is 6.42 Å². The Labute approximate surface area is 160 Å². The van der Waals surface area contributed by atoms with Gasteiger partial charge in [0.05, 0.1) is 6.61 Å². The van der Waals surface area contributed by atoms with Gasteiger partial charge in [0, 0.05) is 29.7 Å². The zero-order valence-electron chi connectivity index (χ0n) is 15.8. The van der Waals surface area contributed by atoms with Crippen LogP contribution < -0.4 is 15.0 Å². The molecular formula is C22H24N4O. The minimum atomic E-state index is 0.609. The fraction of sp³-hybridized carbons (Fsp3) is 0.273. The van der Waals surface area contributed by atoms with Crippen molar-refractivity contribution in [1.29, 1.82) is 0 Å². The van der Waals surface area contributed by atoms with Gasteiger partial charge in [0.15, 0.2) is 0 Å². The van der Waals surface area contributed by atoms with Crippen molar-refractivity contribution in [2.24, 2.45) is 0 Å². The highest BCUT2D eigenvalue weighted by Crippen LogP contribution is 2.33. The van der Waals surface area contributed by atoms with Crippen LogP contribution in [0.15, 0.2) is 54.6 Å². The number of nitrogens with one attached hydrogen (secondary N) is 1. The largest absolute Gasteiger partial charge is 0.494 e. The van der Waals surface area contributed by atoms with E-state index in [0.717, 1.165) is 42.3 Å². The molecular weight excluding hydrogens is 336 g/mol. The molecule has 1 aromatic heterocycles. The molecule has 0 spiro atoms. The van der Waals surface area contributed by atoms with Gasteiger partial charge in [0.25, 0.3) is 0 Å². The number of nitrogens with zero attached hydrogens (tertiary/aromatic N) is 3. The van der Waals surface area contributed by atoms with Crippen LogP contribution in [0.1, 0.15) is 24.6 Å². The minimum Gasteiger partial charge on any atom is -0.494 e. The third-order valence-electron chi connectivity index (χ3n) is 4.65. The number of aromatic nitrogens is 2. The van der Waals surface area contributed by atoms with Gasteiger partial charge < -0.3 is 15.0 Å². The Balaban J connectivity index is 1.61. The number of hydrogen-bond donors (Lipinski definition) is 1. The predicted molar refractivity (Wildman–Crippen MR) is 109 cm³/mol. The Kier molecular flexibility index (Phi) is 4.92. The van der Waals surface area contributed by atoms with Crippen molar-refractivity contribution in [2.75, 3.05) is 23.4 Å². The Bertz CT molecular complexity index is 924. The molecule has 3 aromatic rings. The van der Waals surface area contributed by atoms with Crippen LogP contribution in [0.5, 0.6) is 5.75 Å². The van der Waals surface area contributed by atoms with Crippen LogP contribution >= 0.6 is 0 Å². The highest BCUT2D eigenvalue weighted by atomic mass is 16.5. The third kappa shape index (κ3) is 3.87. The van der Waals surface area contributed by atoms with Gasteiger partial charge in [-0.25, -0.2) is 4.98 Å². The SMILES string of the molecule is CCOc1ccc(Nc2nc(C)cc(N3CCCc4ccccc43)n2)cc1. The van der Waals surface area contributed by atoms with E-state index in [2.05, 4.69) is 39.5 Å². The first-order valence-corrected chi connectivity index (χ1v) is 9.44. The quantitative estimate of drug-likeness (QED) is 0.693. The van der Waals surface area contributed by atoms with E-state index >= 15 is 0 Å². The zero-order valence-corrected chi connectivity index (χ0v) is 15.8.